The third kappa shape index (κ3) is 6.56. The molecule has 3 rings (SSSR count). The number of carbonyl (C=O) groups is 3. The molecule has 0 aliphatic carbocycles. The Kier molecular flexibility index (Phi) is 9.40. The lowest BCUT2D eigenvalue weighted by atomic mass is 10.0. The van der Waals surface area contributed by atoms with E-state index < -0.39 is 6.04 Å². The summed E-state index contributed by atoms with van der Waals surface area (Å²) in [6.45, 7) is 4.94. The number of imide groups is 1. The topological polar surface area (TPSA) is 78.5 Å². The normalized spacial score (nSPS) is 18.4. The molecule has 1 unspecified atom stereocenters. The van der Waals surface area contributed by atoms with Crippen LogP contribution in [0.15, 0.2) is 23.1 Å². The predicted octanol–water partition coefficient (Wildman–Crippen LogP) is 3.88. The third-order valence-electron chi connectivity index (χ3n) is 6.00. The Balaban J connectivity index is 1.40. The van der Waals surface area contributed by atoms with Crippen molar-refractivity contribution in [2.45, 2.75) is 82.2 Å². The summed E-state index contributed by atoms with van der Waals surface area (Å²) in [6.07, 6.45) is 9.40. The van der Waals surface area contributed by atoms with Crippen molar-refractivity contribution in [3.8, 4) is 0 Å². The summed E-state index contributed by atoms with van der Waals surface area (Å²) in [6, 6.07) is 5.31. The number of hydrogen-bond donors (Lipinski definition) is 2. The van der Waals surface area contributed by atoms with Crippen LogP contribution in [0.2, 0.25) is 0 Å². The van der Waals surface area contributed by atoms with E-state index in [4.69, 9.17) is 0 Å². The molecule has 6 nitrogen and oxygen atoms in total. The van der Waals surface area contributed by atoms with Gasteiger partial charge < -0.3 is 10.2 Å². The molecule has 0 aromatic heterocycles. The molecule has 3 amide bonds. The summed E-state index contributed by atoms with van der Waals surface area (Å²) in [5.74, 6) is 0.332. The monoisotopic (exact) mass is 445 g/mol. The van der Waals surface area contributed by atoms with Crippen LogP contribution in [0.4, 0.5) is 0 Å². The van der Waals surface area contributed by atoms with Gasteiger partial charge in [0.05, 0.1) is 0 Å². The molecule has 2 N–H and O–H groups in total. The molecule has 7 heteroatoms. The van der Waals surface area contributed by atoms with Gasteiger partial charge in [-0.1, -0.05) is 38.7 Å². The molecular formula is C24H35N3O3S. The second-order valence-corrected chi connectivity index (χ2v) is 9.54. The number of unbranched alkanes of at least 4 members (excludes halogenated alkanes) is 5. The zero-order valence-corrected chi connectivity index (χ0v) is 19.4. The molecule has 0 bridgehead atoms. The minimum absolute atomic E-state index is 0.0977. The molecule has 0 radical (unpaired) electrons. The first-order chi connectivity index (χ1) is 15.1. The maximum atomic E-state index is 12.9. The van der Waals surface area contributed by atoms with Gasteiger partial charge in [-0.25, -0.2) is 0 Å². The number of hydrogen-bond acceptors (Lipinski definition) is 5. The Morgan fingerprint density at radius 1 is 1.06 bits per heavy atom. The number of nitrogens with zero attached hydrogens (tertiary/aromatic N) is 1. The van der Waals surface area contributed by atoms with Crippen molar-refractivity contribution in [1.29, 1.82) is 0 Å². The summed E-state index contributed by atoms with van der Waals surface area (Å²) in [5.41, 5.74) is 1.73. The third-order valence-corrected chi connectivity index (χ3v) is 7.19. The molecule has 1 aromatic rings. The van der Waals surface area contributed by atoms with Crippen molar-refractivity contribution < 1.29 is 14.4 Å². The Morgan fingerprint density at radius 3 is 2.65 bits per heavy atom. The van der Waals surface area contributed by atoms with Crippen LogP contribution in [0.25, 0.3) is 0 Å². The minimum Gasteiger partial charge on any atom is -0.322 e. The molecule has 0 saturated carbocycles. The highest BCUT2D eigenvalue weighted by atomic mass is 32.2. The smallest absolute Gasteiger partial charge is 0.255 e. The fraction of sp³-hybridized carbons (Fsp3) is 0.625. The molecule has 170 valence electrons. The van der Waals surface area contributed by atoms with Crippen LogP contribution in [0.1, 0.15) is 80.6 Å². The van der Waals surface area contributed by atoms with Gasteiger partial charge in [-0.15, -0.1) is 11.8 Å². The first-order valence-corrected chi connectivity index (χ1v) is 12.7. The van der Waals surface area contributed by atoms with Gasteiger partial charge in [0.2, 0.25) is 11.8 Å². The molecule has 31 heavy (non-hydrogen) atoms. The van der Waals surface area contributed by atoms with Gasteiger partial charge in [-0.05, 0) is 62.2 Å². The van der Waals surface area contributed by atoms with Gasteiger partial charge >= 0.3 is 0 Å². The molecule has 1 fully saturated rings. The number of thioether (sulfide) groups is 1. The van der Waals surface area contributed by atoms with Crippen molar-refractivity contribution in [3.63, 3.8) is 0 Å². The van der Waals surface area contributed by atoms with Crippen LogP contribution in [-0.2, 0) is 16.1 Å². The SMILES string of the molecule is CCCCNCCCCCCCSc1cccc2c1CN(C1CCC(=O)NC1=O)C2=O. The second kappa shape index (κ2) is 12.2. The lowest BCUT2D eigenvalue weighted by Crippen LogP contribution is -2.52. The molecule has 2 aliphatic heterocycles. The number of rotatable bonds is 13. The lowest BCUT2D eigenvalue weighted by molar-refractivity contribution is -0.136. The number of benzene rings is 1. The number of amides is 3. The fourth-order valence-corrected chi connectivity index (χ4v) is 5.28. The van der Waals surface area contributed by atoms with Gasteiger partial charge in [0.1, 0.15) is 6.04 Å². The van der Waals surface area contributed by atoms with E-state index in [1.54, 1.807) is 4.90 Å². The first kappa shape index (κ1) is 23.8. The quantitative estimate of drug-likeness (QED) is 0.274. The molecule has 2 aliphatic rings. The number of fused-ring (bicyclic) bond motifs is 1. The molecule has 1 saturated heterocycles. The molecule has 0 spiro atoms. The summed E-state index contributed by atoms with van der Waals surface area (Å²) >= 11 is 1.81. The van der Waals surface area contributed by atoms with E-state index in [1.165, 1.54) is 44.9 Å². The average Bonchev–Trinajstić information content (AvgIpc) is 3.09. The molecular weight excluding hydrogens is 410 g/mol. The Bertz CT molecular complexity index is 783. The van der Waals surface area contributed by atoms with Gasteiger partial charge in [0.25, 0.3) is 5.91 Å². The van der Waals surface area contributed by atoms with Crippen molar-refractivity contribution in [1.82, 2.24) is 15.5 Å². The number of nitrogens with one attached hydrogen (secondary N) is 2. The Morgan fingerprint density at radius 2 is 1.84 bits per heavy atom. The van der Waals surface area contributed by atoms with Crippen LogP contribution in [0.5, 0.6) is 0 Å². The second-order valence-electron chi connectivity index (χ2n) is 8.40. The van der Waals surface area contributed by atoms with E-state index in [0.29, 0.717) is 18.5 Å². The van der Waals surface area contributed by atoms with Crippen LogP contribution in [0, 0.1) is 0 Å². The minimum atomic E-state index is -0.549. The van der Waals surface area contributed by atoms with Gasteiger partial charge in [0, 0.05) is 23.4 Å². The average molecular weight is 446 g/mol. The van der Waals surface area contributed by atoms with E-state index in [9.17, 15) is 14.4 Å². The highest BCUT2D eigenvalue weighted by Gasteiger charge is 2.39. The number of piperidine rings is 1. The Labute approximate surface area is 189 Å². The summed E-state index contributed by atoms with van der Waals surface area (Å²) in [5, 5.41) is 5.85. The molecule has 2 heterocycles. The van der Waals surface area contributed by atoms with Crippen LogP contribution >= 0.6 is 11.8 Å². The fourth-order valence-electron chi connectivity index (χ4n) is 4.18. The van der Waals surface area contributed by atoms with Crippen molar-refractivity contribution in [2.75, 3.05) is 18.8 Å². The van der Waals surface area contributed by atoms with E-state index in [2.05, 4.69) is 23.6 Å². The summed E-state index contributed by atoms with van der Waals surface area (Å²) < 4.78 is 0. The van der Waals surface area contributed by atoms with Crippen molar-refractivity contribution in [2.24, 2.45) is 0 Å². The van der Waals surface area contributed by atoms with Crippen LogP contribution in [0.3, 0.4) is 0 Å². The van der Waals surface area contributed by atoms with Crippen molar-refractivity contribution in [3.05, 3.63) is 29.3 Å². The Hall–Kier alpha value is -1.86. The highest BCUT2D eigenvalue weighted by molar-refractivity contribution is 7.99. The zero-order chi connectivity index (χ0) is 22.1. The van der Waals surface area contributed by atoms with E-state index >= 15 is 0 Å². The lowest BCUT2D eigenvalue weighted by Gasteiger charge is -2.29. The van der Waals surface area contributed by atoms with E-state index in [-0.39, 0.29) is 24.1 Å². The predicted molar refractivity (Wildman–Crippen MR) is 124 cm³/mol. The number of carbonyl (C=O) groups excluding carboxylic acids is 3. The summed E-state index contributed by atoms with van der Waals surface area (Å²) in [7, 11) is 0. The largest absolute Gasteiger partial charge is 0.322 e. The maximum Gasteiger partial charge on any atom is 0.255 e. The summed E-state index contributed by atoms with van der Waals surface area (Å²) in [4.78, 5) is 39.3. The zero-order valence-electron chi connectivity index (χ0n) is 18.6. The highest BCUT2D eigenvalue weighted by Crippen LogP contribution is 2.34. The van der Waals surface area contributed by atoms with Gasteiger partial charge in [0.15, 0.2) is 0 Å². The van der Waals surface area contributed by atoms with Crippen LogP contribution < -0.4 is 10.6 Å². The van der Waals surface area contributed by atoms with E-state index in [1.807, 2.05) is 23.9 Å². The van der Waals surface area contributed by atoms with Gasteiger partial charge in [-0.3, -0.25) is 19.7 Å². The van der Waals surface area contributed by atoms with Crippen LogP contribution in [-0.4, -0.2) is 47.5 Å². The standard InChI is InChI=1S/C24H35N3O3S/c1-2-3-14-25-15-7-5-4-6-8-16-31-21-11-9-10-18-19(21)17-27(24(18)30)20-12-13-22(28)26-23(20)29/h9-11,20,25H,2-8,12-17H2,1H3,(H,26,28,29). The molecule has 1 aromatic carbocycles. The molecule has 1 atom stereocenters. The first-order valence-electron chi connectivity index (χ1n) is 11.7. The maximum absolute atomic E-state index is 12.9. The van der Waals surface area contributed by atoms with Crippen molar-refractivity contribution >= 4 is 29.5 Å². The van der Waals surface area contributed by atoms with Gasteiger partial charge in [-0.2, -0.15) is 0 Å². The van der Waals surface area contributed by atoms with E-state index in [0.717, 1.165) is 29.3 Å².